The number of morpholine rings is 1. The minimum absolute atomic E-state index is 0.00453. The van der Waals surface area contributed by atoms with Crippen LogP contribution in [0.25, 0.3) is 11.3 Å². The Morgan fingerprint density at radius 3 is 2.62 bits per heavy atom. The van der Waals surface area contributed by atoms with Crippen molar-refractivity contribution >= 4 is 44.8 Å². The number of hydrogen-bond acceptors (Lipinski definition) is 4. The molecule has 1 fully saturated rings. The number of halogens is 3. The van der Waals surface area contributed by atoms with Gasteiger partial charge in [0.15, 0.2) is 5.76 Å². The molecule has 5 nitrogen and oxygen atoms in total. The van der Waals surface area contributed by atoms with E-state index in [4.69, 9.17) is 20.8 Å². The molecule has 0 spiro atoms. The van der Waals surface area contributed by atoms with Gasteiger partial charge in [-0.05, 0) is 64.5 Å². The predicted molar refractivity (Wildman–Crippen MR) is 114 cm³/mol. The van der Waals surface area contributed by atoms with Gasteiger partial charge in [-0.25, -0.2) is 4.39 Å². The minimum Gasteiger partial charge on any atom is -0.451 e. The summed E-state index contributed by atoms with van der Waals surface area (Å²) < 4.78 is 25.2. The summed E-state index contributed by atoms with van der Waals surface area (Å²) in [6, 6.07) is 13.1. The summed E-state index contributed by atoms with van der Waals surface area (Å²) in [4.78, 5) is 14.8. The zero-order valence-corrected chi connectivity index (χ0v) is 17.6. The topological polar surface area (TPSA) is 54.7 Å². The van der Waals surface area contributed by atoms with E-state index in [1.54, 1.807) is 18.2 Å². The van der Waals surface area contributed by atoms with Crippen LogP contribution in [0.1, 0.15) is 10.6 Å². The zero-order chi connectivity index (χ0) is 20.4. The second kappa shape index (κ2) is 8.57. The van der Waals surface area contributed by atoms with Crippen LogP contribution in [0.15, 0.2) is 57.4 Å². The van der Waals surface area contributed by atoms with Crippen LogP contribution < -0.4 is 10.2 Å². The van der Waals surface area contributed by atoms with Crippen LogP contribution in [0.2, 0.25) is 5.02 Å². The van der Waals surface area contributed by atoms with Crippen molar-refractivity contribution in [2.24, 2.45) is 0 Å². The number of hydrogen-bond donors (Lipinski definition) is 1. The fourth-order valence-corrected chi connectivity index (χ4v) is 3.91. The molecule has 3 aromatic rings. The molecule has 1 N–H and O–H groups in total. The first-order chi connectivity index (χ1) is 14.0. The van der Waals surface area contributed by atoms with E-state index in [0.29, 0.717) is 30.2 Å². The van der Waals surface area contributed by atoms with Gasteiger partial charge in [0.1, 0.15) is 11.6 Å². The van der Waals surface area contributed by atoms with Crippen molar-refractivity contribution in [2.45, 2.75) is 0 Å². The molecule has 0 aliphatic carbocycles. The fourth-order valence-electron chi connectivity index (χ4n) is 3.10. The largest absolute Gasteiger partial charge is 0.451 e. The second-order valence-corrected chi connectivity index (χ2v) is 7.77. The molecule has 2 aromatic carbocycles. The van der Waals surface area contributed by atoms with Gasteiger partial charge in [0.25, 0.3) is 5.91 Å². The van der Waals surface area contributed by atoms with Crippen molar-refractivity contribution in [3.8, 4) is 11.3 Å². The summed E-state index contributed by atoms with van der Waals surface area (Å²) in [5.41, 5.74) is 2.29. The van der Waals surface area contributed by atoms with Crippen molar-refractivity contribution in [2.75, 3.05) is 36.5 Å². The van der Waals surface area contributed by atoms with Gasteiger partial charge in [0.05, 0.1) is 23.9 Å². The first kappa shape index (κ1) is 19.9. The van der Waals surface area contributed by atoms with Crippen LogP contribution >= 0.6 is 27.5 Å². The number of anilines is 2. The molecule has 1 amide bonds. The summed E-state index contributed by atoms with van der Waals surface area (Å²) in [6.45, 7) is 3.05. The highest BCUT2D eigenvalue weighted by atomic mass is 79.9. The van der Waals surface area contributed by atoms with Crippen LogP contribution in [-0.4, -0.2) is 32.2 Å². The second-order valence-electron chi connectivity index (χ2n) is 6.51. The Labute approximate surface area is 180 Å². The molecule has 1 aromatic heterocycles. The molecular weight excluding hydrogens is 463 g/mol. The van der Waals surface area contributed by atoms with E-state index in [2.05, 4.69) is 26.1 Å². The SMILES string of the molecule is O=C(Nc1ccc(N2CCOCC2)c(Br)c1)c1ccc(-c2ccc(F)c(Cl)c2)o1. The molecule has 0 unspecified atom stereocenters. The van der Waals surface area contributed by atoms with E-state index in [1.165, 1.54) is 12.1 Å². The lowest BCUT2D eigenvalue weighted by molar-refractivity contribution is 0.0997. The maximum Gasteiger partial charge on any atom is 0.291 e. The lowest BCUT2D eigenvalue weighted by atomic mass is 10.2. The Balaban J connectivity index is 1.47. The van der Waals surface area contributed by atoms with Crippen molar-refractivity contribution in [3.05, 3.63) is 69.6 Å². The van der Waals surface area contributed by atoms with Gasteiger partial charge in [-0.15, -0.1) is 0 Å². The summed E-state index contributed by atoms with van der Waals surface area (Å²) in [5, 5.41) is 2.82. The maximum absolute atomic E-state index is 13.3. The smallest absolute Gasteiger partial charge is 0.291 e. The summed E-state index contributed by atoms with van der Waals surface area (Å²) in [5.74, 6) is -0.309. The number of nitrogens with one attached hydrogen (secondary N) is 1. The maximum atomic E-state index is 13.3. The van der Waals surface area contributed by atoms with Crippen molar-refractivity contribution in [3.63, 3.8) is 0 Å². The quantitative estimate of drug-likeness (QED) is 0.530. The molecule has 1 aliphatic rings. The molecule has 1 saturated heterocycles. The number of nitrogens with zero attached hydrogens (tertiary/aromatic N) is 1. The molecule has 0 bridgehead atoms. The number of furan rings is 1. The molecule has 4 rings (SSSR count). The Morgan fingerprint density at radius 1 is 1.10 bits per heavy atom. The third-order valence-electron chi connectivity index (χ3n) is 4.59. The summed E-state index contributed by atoms with van der Waals surface area (Å²) in [7, 11) is 0. The van der Waals surface area contributed by atoms with Crippen molar-refractivity contribution < 1.29 is 18.3 Å². The summed E-state index contributed by atoms with van der Waals surface area (Å²) in [6.07, 6.45) is 0. The van der Waals surface area contributed by atoms with Gasteiger partial charge in [-0.1, -0.05) is 11.6 Å². The van der Waals surface area contributed by atoms with E-state index in [-0.39, 0.29) is 16.7 Å². The van der Waals surface area contributed by atoms with E-state index in [0.717, 1.165) is 23.2 Å². The average Bonchev–Trinajstić information content (AvgIpc) is 3.21. The normalized spacial score (nSPS) is 14.1. The van der Waals surface area contributed by atoms with Gasteiger partial charge in [-0.2, -0.15) is 0 Å². The Kier molecular flexibility index (Phi) is 5.89. The molecular formula is C21H17BrClFN2O3. The first-order valence-electron chi connectivity index (χ1n) is 9.00. The highest BCUT2D eigenvalue weighted by molar-refractivity contribution is 9.10. The van der Waals surface area contributed by atoms with Crippen LogP contribution in [0, 0.1) is 5.82 Å². The third kappa shape index (κ3) is 4.47. The van der Waals surface area contributed by atoms with Crippen molar-refractivity contribution in [1.82, 2.24) is 0 Å². The third-order valence-corrected chi connectivity index (χ3v) is 5.52. The van der Waals surface area contributed by atoms with E-state index >= 15 is 0 Å². The number of rotatable bonds is 4. The molecule has 29 heavy (non-hydrogen) atoms. The molecule has 2 heterocycles. The zero-order valence-electron chi connectivity index (χ0n) is 15.3. The van der Waals surface area contributed by atoms with Crippen LogP contribution in [0.3, 0.4) is 0 Å². The van der Waals surface area contributed by atoms with Gasteiger partial charge in [0, 0.05) is 28.8 Å². The Hall–Kier alpha value is -2.35. The number of ether oxygens (including phenoxy) is 1. The Bertz CT molecular complexity index is 1050. The lowest BCUT2D eigenvalue weighted by Gasteiger charge is -2.29. The molecule has 8 heteroatoms. The molecule has 0 saturated carbocycles. The number of carbonyl (C=O) groups excluding carboxylic acids is 1. The Morgan fingerprint density at radius 2 is 1.90 bits per heavy atom. The van der Waals surface area contributed by atoms with Gasteiger partial charge < -0.3 is 19.4 Å². The van der Waals surface area contributed by atoms with Crippen LogP contribution in [0.5, 0.6) is 0 Å². The standard InChI is InChI=1S/C21H17BrClFN2O3/c22-15-12-14(2-4-18(15)26-7-9-28-10-8-26)25-21(27)20-6-5-19(29-20)13-1-3-17(24)16(23)11-13/h1-6,11-12H,7-10H2,(H,25,27). The molecule has 0 atom stereocenters. The fraction of sp³-hybridized carbons (Fsp3) is 0.190. The predicted octanol–water partition coefficient (Wildman–Crippen LogP) is 5.59. The van der Waals surface area contributed by atoms with E-state index < -0.39 is 5.82 Å². The highest BCUT2D eigenvalue weighted by Gasteiger charge is 2.17. The minimum atomic E-state index is -0.508. The molecule has 150 valence electrons. The van der Waals surface area contributed by atoms with Gasteiger partial charge in [0.2, 0.25) is 0 Å². The molecule has 1 aliphatic heterocycles. The van der Waals surface area contributed by atoms with Crippen molar-refractivity contribution in [1.29, 1.82) is 0 Å². The number of benzene rings is 2. The van der Waals surface area contributed by atoms with Crippen LogP contribution in [0.4, 0.5) is 15.8 Å². The highest BCUT2D eigenvalue weighted by Crippen LogP contribution is 2.31. The van der Waals surface area contributed by atoms with Gasteiger partial charge >= 0.3 is 0 Å². The van der Waals surface area contributed by atoms with Crippen LogP contribution in [-0.2, 0) is 4.74 Å². The first-order valence-corrected chi connectivity index (χ1v) is 10.2. The van der Waals surface area contributed by atoms with E-state index in [9.17, 15) is 9.18 Å². The lowest BCUT2D eigenvalue weighted by Crippen LogP contribution is -2.36. The molecule has 0 radical (unpaired) electrons. The summed E-state index contributed by atoms with van der Waals surface area (Å²) >= 11 is 9.39. The van der Waals surface area contributed by atoms with Gasteiger partial charge in [-0.3, -0.25) is 4.79 Å². The number of amides is 1. The average molecular weight is 480 g/mol. The monoisotopic (exact) mass is 478 g/mol. The van der Waals surface area contributed by atoms with E-state index in [1.807, 2.05) is 18.2 Å². The number of carbonyl (C=O) groups is 1.